The summed E-state index contributed by atoms with van der Waals surface area (Å²) in [7, 11) is 0. The van der Waals surface area contributed by atoms with Crippen LogP contribution in [0.5, 0.6) is 0 Å². The van der Waals surface area contributed by atoms with Gasteiger partial charge in [0.05, 0.1) is 6.26 Å². The van der Waals surface area contributed by atoms with E-state index in [0.717, 1.165) is 19.3 Å². The standard InChI is InChI=1S/C22H23NO5S/c1-14(24)23-18(13-29-21(23)20-7-4-10-27-20)22(26)28-12-19(25)17-9-8-15-5-2-3-6-16(15)11-17/h4,7-11,18,21H,2-3,5-6,12-13H2,1H3/t18-,21+/m0/s1. The Morgan fingerprint density at radius 3 is 2.69 bits per heavy atom. The first-order valence-corrected chi connectivity index (χ1v) is 10.8. The van der Waals surface area contributed by atoms with Crippen molar-refractivity contribution in [3.8, 4) is 0 Å². The molecule has 29 heavy (non-hydrogen) atoms. The van der Waals surface area contributed by atoms with Gasteiger partial charge in [-0.3, -0.25) is 9.59 Å². The van der Waals surface area contributed by atoms with Gasteiger partial charge in [0.25, 0.3) is 0 Å². The van der Waals surface area contributed by atoms with E-state index < -0.39 is 12.0 Å². The second-order valence-corrected chi connectivity index (χ2v) is 8.48. The van der Waals surface area contributed by atoms with Gasteiger partial charge in [0.1, 0.15) is 17.2 Å². The van der Waals surface area contributed by atoms with Crippen LogP contribution in [-0.4, -0.2) is 41.0 Å². The third kappa shape index (κ3) is 4.10. The predicted molar refractivity (Wildman–Crippen MR) is 109 cm³/mol. The molecule has 2 atom stereocenters. The van der Waals surface area contributed by atoms with Gasteiger partial charge in [-0.2, -0.15) is 0 Å². The SMILES string of the molecule is CC(=O)N1[C@@H](c2ccco2)SC[C@H]1C(=O)OCC(=O)c1ccc2c(c1)CCCC2. The number of rotatable bonds is 5. The molecule has 1 fully saturated rings. The van der Waals surface area contributed by atoms with E-state index in [1.807, 2.05) is 12.1 Å². The highest BCUT2D eigenvalue weighted by atomic mass is 32.2. The number of hydrogen-bond donors (Lipinski definition) is 0. The van der Waals surface area contributed by atoms with Crippen LogP contribution in [0.3, 0.4) is 0 Å². The molecule has 1 saturated heterocycles. The van der Waals surface area contributed by atoms with Crippen molar-refractivity contribution >= 4 is 29.4 Å². The number of Topliss-reactive ketones (excluding diaryl/α,β-unsaturated/α-hetero) is 1. The molecule has 1 aromatic carbocycles. The van der Waals surface area contributed by atoms with E-state index in [0.29, 0.717) is 17.1 Å². The second-order valence-electron chi connectivity index (χ2n) is 7.36. The van der Waals surface area contributed by atoms with Crippen molar-refractivity contribution in [3.05, 3.63) is 59.0 Å². The third-order valence-corrected chi connectivity index (χ3v) is 6.72. The van der Waals surface area contributed by atoms with Crippen LogP contribution in [0.25, 0.3) is 0 Å². The third-order valence-electron chi connectivity index (χ3n) is 5.44. The monoisotopic (exact) mass is 413 g/mol. The molecule has 0 spiro atoms. The molecule has 6 nitrogen and oxygen atoms in total. The van der Waals surface area contributed by atoms with Crippen LogP contribution in [0.2, 0.25) is 0 Å². The van der Waals surface area contributed by atoms with Crippen molar-refractivity contribution in [2.75, 3.05) is 12.4 Å². The fourth-order valence-electron chi connectivity index (χ4n) is 3.95. The van der Waals surface area contributed by atoms with Crippen LogP contribution in [0.4, 0.5) is 0 Å². The fourth-order valence-corrected chi connectivity index (χ4v) is 5.36. The summed E-state index contributed by atoms with van der Waals surface area (Å²) in [5.74, 6) is -0.0102. The number of hydrogen-bond acceptors (Lipinski definition) is 6. The number of amides is 1. The van der Waals surface area contributed by atoms with Crippen LogP contribution in [-0.2, 0) is 27.2 Å². The minimum absolute atomic E-state index is 0.227. The number of fused-ring (bicyclic) bond motifs is 1. The number of nitrogens with zero attached hydrogens (tertiary/aromatic N) is 1. The molecule has 4 rings (SSSR count). The van der Waals surface area contributed by atoms with Gasteiger partial charge in [0, 0.05) is 18.2 Å². The van der Waals surface area contributed by atoms with E-state index in [4.69, 9.17) is 9.15 Å². The Morgan fingerprint density at radius 1 is 1.17 bits per heavy atom. The quantitative estimate of drug-likeness (QED) is 0.551. The predicted octanol–water partition coefficient (Wildman–Crippen LogP) is 3.55. The molecule has 152 valence electrons. The summed E-state index contributed by atoms with van der Waals surface area (Å²) in [5, 5.41) is -0.364. The van der Waals surface area contributed by atoms with Crippen LogP contribution in [0.15, 0.2) is 41.0 Å². The van der Waals surface area contributed by atoms with E-state index in [9.17, 15) is 14.4 Å². The number of aryl methyl sites for hydroxylation is 2. The van der Waals surface area contributed by atoms with E-state index in [1.165, 1.54) is 47.4 Å². The molecule has 2 aromatic rings. The van der Waals surface area contributed by atoms with Crippen LogP contribution >= 0.6 is 11.8 Å². The van der Waals surface area contributed by atoms with E-state index in [-0.39, 0.29) is 23.7 Å². The zero-order chi connectivity index (χ0) is 20.4. The highest BCUT2D eigenvalue weighted by molar-refractivity contribution is 7.99. The van der Waals surface area contributed by atoms with Gasteiger partial charge in [-0.05, 0) is 55.0 Å². The van der Waals surface area contributed by atoms with Gasteiger partial charge in [0.15, 0.2) is 12.4 Å². The van der Waals surface area contributed by atoms with Gasteiger partial charge >= 0.3 is 5.97 Å². The lowest BCUT2D eigenvalue weighted by atomic mass is 9.90. The minimum atomic E-state index is -0.732. The molecule has 0 saturated carbocycles. The number of benzene rings is 1. The topological polar surface area (TPSA) is 76.8 Å². The summed E-state index contributed by atoms with van der Waals surface area (Å²) >= 11 is 1.44. The van der Waals surface area contributed by atoms with E-state index in [2.05, 4.69) is 0 Å². The van der Waals surface area contributed by atoms with Crippen molar-refractivity contribution < 1.29 is 23.5 Å². The molecule has 2 aliphatic rings. The molecule has 1 aromatic heterocycles. The highest BCUT2D eigenvalue weighted by Gasteiger charge is 2.43. The largest absolute Gasteiger partial charge is 0.466 e. The lowest BCUT2D eigenvalue weighted by Gasteiger charge is -2.25. The van der Waals surface area contributed by atoms with Crippen LogP contribution in [0, 0.1) is 0 Å². The summed E-state index contributed by atoms with van der Waals surface area (Å²) in [6.07, 6.45) is 5.89. The Morgan fingerprint density at radius 2 is 1.97 bits per heavy atom. The molecular weight excluding hydrogens is 390 g/mol. The van der Waals surface area contributed by atoms with Crippen LogP contribution in [0.1, 0.15) is 52.4 Å². The molecule has 7 heteroatoms. The number of carbonyl (C=O) groups excluding carboxylic acids is 3. The number of ketones is 1. The summed E-state index contributed by atoms with van der Waals surface area (Å²) in [6.45, 7) is 1.09. The first kappa shape index (κ1) is 19.8. The Hall–Kier alpha value is -2.54. The molecule has 1 amide bonds. The molecule has 0 unspecified atom stereocenters. The molecule has 1 aliphatic carbocycles. The number of carbonyl (C=O) groups is 3. The maximum atomic E-state index is 12.6. The van der Waals surface area contributed by atoms with E-state index in [1.54, 1.807) is 18.2 Å². The second kappa shape index (κ2) is 8.45. The fraction of sp³-hybridized carbons (Fsp3) is 0.409. The van der Waals surface area contributed by atoms with Gasteiger partial charge in [-0.25, -0.2) is 4.79 Å². The van der Waals surface area contributed by atoms with Gasteiger partial charge in [-0.15, -0.1) is 11.8 Å². The van der Waals surface area contributed by atoms with E-state index >= 15 is 0 Å². The Labute approximate surface area is 173 Å². The number of furan rings is 1. The minimum Gasteiger partial charge on any atom is -0.466 e. The average molecular weight is 413 g/mol. The molecule has 0 bridgehead atoms. The maximum Gasteiger partial charge on any atom is 0.330 e. The maximum absolute atomic E-state index is 12.6. The van der Waals surface area contributed by atoms with Crippen molar-refractivity contribution in [2.45, 2.75) is 44.0 Å². The molecule has 0 N–H and O–H groups in total. The van der Waals surface area contributed by atoms with Crippen LogP contribution < -0.4 is 0 Å². The Kier molecular flexibility index (Phi) is 5.76. The zero-order valence-corrected chi connectivity index (χ0v) is 17.1. The zero-order valence-electron chi connectivity index (χ0n) is 16.3. The van der Waals surface area contributed by atoms with Crippen molar-refractivity contribution in [1.82, 2.24) is 4.90 Å². The summed E-state index contributed by atoms with van der Waals surface area (Å²) in [4.78, 5) is 38.8. The molecule has 0 radical (unpaired) electrons. The summed E-state index contributed by atoms with van der Waals surface area (Å²) < 4.78 is 10.7. The molecule has 1 aliphatic heterocycles. The first-order chi connectivity index (χ1) is 14.0. The summed E-state index contributed by atoms with van der Waals surface area (Å²) in [6, 6.07) is 8.52. The normalized spacial score (nSPS) is 20.9. The van der Waals surface area contributed by atoms with Gasteiger partial charge < -0.3 is 14.1 Å². The lowest BCUT2D eigenvalue weighted by Crippen LogP contribution is -2.43. The van der Waals surface area contributed by atoms with Crippen molar-refractivity contribution in [1.29, 1.82) is 0 Å². The molecular formula is C22H23NO5S. The van der Waals surface area contributed by atoms with Gasteiger partial charge in [0.2, 0.25) is 5.91 Å². The molecule has 2 heterocycles. The average Bonchev–Trinajstić information content (AvgIpc) is 3.40. The number of ether oxygens (including phenoxy) is 1. The van der Waals surface area contributed by atoms with Crippen molar-refractivity contribution in [3.63, 3.8) is 0 Å². The van der Waals surface area contributed by atoms with Gasteiger partial charge in [-0.1, -0.05) is 12.1 Å². The summed E-state index contributed by atoms with van der Waals surface area (Å²) in [5.41, 5.74) is 3.08. The number of esters is 1. The Balaban J connectivity index is 1.40. The first-order valence-electron chi connectivity index (χ1n) is 9.80. The van der Waals surface area contributed by atoms with Crippen molar-refractivity contribution in [2.24, 2.45) is 0 Å². The number of thioether (sulfide) groups is 1. The lowest BCUT2D eigenvalue weighted by molar-refractivity contribution is -0.152. The smallest absolute Gasteiger partial charge is 0.330 e. The Bertz CT molecular complexity index is 923. The highest BCUT2D eigenvalue weighted by Crippen LogP contribution is 2.41.